The van der Waals surface area contributed by atoms with Crippen molar-refractivity contribution in [3.05, 3.63) is 0 Å². The quantitative estimate of drug-likeness (QED) is 0.590. The van der Waals surface area contributed by atoms with Gasteiger partial charge in [0.1, 0.15) is 0 Å². The van der Waals surface area contributed by atoms with Crippen LogP contribution in [0.15, 0.2) is 0 Å². The third-order valence-electron chi connectivity index (χ3n) is 5.06. The van der Waals surface area contributed by atoms with Crippen LogP contribution < -0.4 is 5.32 Å². The minimum Gasteiger partial charge on any atom is -0.378 e. The van der Waals surface area contributed by atoms with E-state index in [9.17, 15) is 0 Å². The minimum atomic E-state index is 0.223. The standard InChI is InChI=1S/C19H39NO/c1-6-8-13-19(7-2,16-20-18(3,4)5)14-9-11-17-12-10-15-21-17/h17,20H,6-16H2,1-5H3. The number of rotatable bonds is 10. The lowest BCUT2D eigenvalue weighted by molar-refractivity contribution is 0.0946. The monoisotopic (exact) mass is 297 g/mol. The summed E-state index contributed by atoms with van der Waals surface area (Å²) in [6.07, 6.45) is 12.4. The van der Waals surface area contributed by atoms with Gasteiger partial charge in [0.25, 0.3) is 0 Å². The Bertz CT molecular complexity index is 265. The Kier molecular flexibility index (Phi) is 8.26. The smallest absolute Gasteiger partial charge is 0.0576 e. The topological polar surface area (TPSA) is 21.3 Å². The lowest BCUT2D eigenvalue weighted by Crippen LogP contribution is -2.44. The van der Waals surface area contributed by atoms with E-state index in [0.717, 1.165) is 6.61 Å². The van der Waals surface area contributed by atoms with Gasteiger partial charge in [-0.3, -0.25) is 0 Å². The van der Waals surface area contributed by atoms with Gasteiger partial charge in [-0.1, -0.05) is 33.1 Å². The molecule has 2 heteroatoms. The molecule has 2 atom stereocenters. The highest BCUT2D eigenvalue weighted by Gasteiger charge is 2.29. The van der Waals surface area contributed by atoms with Gasteiger partial charge >= 0.3 is 0 Å². The molecule has 0 radical (unpaired) electrons. The summed E-state index contributed by atoms with van der Waals surface area (Å²) in [6.45, 7) is 13.7. The van der Waals surface area contributed by atoms with Gasteiger partial charge in [-0.2, -0.15) is 0 Å². The third kappa shape index (κ3) is 7.65. The van der Waals surface area contributed by atoms with Gasteiger partial charge in [0.15, 0.2) is 0 Å². The van der Waals surface area contributed by atoms with Crippen molar-refractivity contribution in [1.82, 2.24) is 5.32 Å². The SMILES string of the molecule is CCCCC(CC)(CCCC1CCCO1)CNC(C)(C)C. The molecule has 0 saturated carbocycles. The molecule has 0 aromatic carbocycles. The average molecular weight is 298 g/mol. The average Bonchev–Trinajstić information content (AvgIpc) is 2.94. The first-order chi connectivity index (χ1) is 9.91. The van der Waals surface area contributed by atoms with E-state index in [1.165, 1.54) is 64.3 Å². The van der Waals surface area contributed by atoms with E-state index in [2.05, 4.69) is 39.9 Å². The van der Waals surface area contributed by atoms with Crippen molar-refractivity contribution in [1.29, 1.82) is 0 Å². The van der Waals surface area contributed by atoms with Crippen molar-refractivity contribution in [2.75, 3.05) is 13.2 Å². The number of unbranched alkanes of at least 4 members (excludes halogenated alkanes) is 1. The first kappa shape index (κ1) is 19.0. The molecule has 126 valence electrons. The second-order valence-corrected chi connectivity index (χ2v) is 8.09. The predicted molar refractivity (Wildman–Crippen MR) is 92.8 cm³/mol. The minimum absolute atomic E-state index is 0.223. The van der Waals surface area contributed by atoms with Crippen LogP contribution in [0.3, 0.4) is 0 Å². The third-order valence-corrected chi connectivity index (χ3v) is 5.06. The summed E-state index contributed by atoms with van der Waals surface area (Å²) < 4.78 is 5.78. The summed E-state index contributed by atoms with van der Waals surface area (Å²) in [6, 6.07) is 0. The Hall–Kier alpha value is -0.0800. The first-order valence-electron chi connectivity index (χ1n) is 9.27. The molecule has 1 heterocycles. The van der Waals surface area contributed by atoms with E-state index < -0.39 is 0 Å². The van der Waals surface area contributed by atoms with Gasteiger partial charge in [0.05, 0.1) is 6.10 Å². The lowest BCUT2D eigenvalue weighted by atomic mass is 9.75. The van der Waals surface area contributed by atoms with Crippen LogP contribution in [0.4, 0.5) is 0 Å². The Balaban J connectivity index is 2.47. The van der Waals surface area contributed by atoms with Crippen LogP contribution in [-0.4, -0.2) is 24.8 Å². The Labute approximate surface area is 133 Å². The largest absolute Gasteiger partial charge is 0.378 e. The molecule has 1 N–H and O–H groups in total. The van der Waals surface area contributed by atoms with E-state index in [1.54, 1.807) is 0 Å². The molecule has 1 fully saturated rings. The highest BCUT2D eigenvalue weighted by atomic mass is 16.5. The van der Waals surface area contributed by atoms with Gasteiger partial charge < -0.3 is 10.1 Å². The van der Waals surface area contributed by atoms with Crippen molar-refractivity contribution in [3.63, 3.8) is 0 Å². The first-order valence-corrected chi connectivity index (χ1v) is 9.27. The van der Waals surface area contributed by atoms with E-state index in [4.69, 9.17) is 4.74 Å². The van der Waals surface area contributed by atoms with E-state index in [1.807, 2.05) is 0 Å². The van der Waals surface area contributed by atoms with Crippen molar-refractivity contribution in [2.24, 2.45) is 5.41 Å². The molecule has 1 aliphatic heterocycles. The molecule has 0 aliphatic carbocycles. The van der Waals surface area contributed by atoms with Crippen molar-refractivity contribution < 1.29 is 4.74 Å². The van der Waals surface area contributed by atoms with Crippen LogP contribution in [0.25, 0.3) is 0 Å². The summed E-state index contributed by atoms with van der Waals surface area (Å²) in [4.78, 5) is 0. The van der Waals surface area contributed by atoms with Crippen LogP contribution in [0.1, 0.15) is 92.4 Å². The Morgan fingerprint density at radius 1 is 1.10 bits per heavy atom. The second kappa shape index (κ2) is 9.15. The molecule has 2 unspecified atom stereocenters. The molecule has 1 aliphatic rings. The fourth-order valence-corrected chi connectivity index (χ4v) is 3.36. The molecule has 0 aromatic heterocycles. The van der Waals surface area contributed by atoms with Crippen molar-refractivity contribution in [3.8, 4) is 0 Å². The van der Waals surface area contributed by atoms with Crippen LogP contribution in [0.5, 0.6) is 0 Å². The fraction of sp³-hybridized carbons (Fsp3) is 1.00. The highest BCUT2D eigenvalue weighted by Crippen LogP contribution is 2.35. The maximum absolute atomic E-state index is 5.78. The van der Waals surface area contributed by atoms with Crippen molar-refractivity contribution in [2.45, 2.75) is 104 Å². The van der Waals surface area contributed by atoms with E-state index >= 15 is 0 Å². The number of nitrogens with one attached hydrogen (secondary N) is 1. The summed E-state index contributed by atoms with van der Waals surface area (Å²) in [5.41, 5.74) is 0.711. The molecule has 2 nitrogen and oxygen atoms in total. The molecular weight excluding hydrogens is 258 g/mol. The van der Waals surface area contributed by atoms with Gasteiger partial charge in [-0.25, -0.2) is 0 Å². The van der Waals surface area contributed by atoms with E-state index in [0.29, 0.717) is 11.5 Å². The normalized spacial score (nSPS) is 22.4. The Morgan fingerprint density at radius 2 is 1.81 bits per heavy atom. The van der Waals surface area contributed by atoms with Gasteiger partial charge in [0.2, 0.25) is 0 Å². The van der Waals surface area contributed by atoms with E-state index in [-0.39, 0.29) is 5.54 Å². The maximum Gasteiger partial charge on any atom is 0.0576 e. The second-order valence-electron chi connectivity index (χ2n) is 8.09. The fourth-order valence-electron chi connectivity index (χ4n) is 3.36. The molecule has 21 heavy (non-hydrogen) atoms. The molecule has 1 rings (SSSR count). The Morgan fingerprint density at radius 3 is 2.33 bits per heavy atom. The molecule has 0 spiro atoms. The number of ether oxygens (including phenoxy) is 1. The predicted octanol–water partition coefficient (Wildman–Crippen LogP) is 5.31. The molecule has 0 amide bonds. The highest BCUT2D eigenvalue weighted by molar-refractivity contribution is 4.84. The lowest BCUT2D eigenvalue weighted by Gasteiger charge is -2.37. The summed E-state index contributed by atoms with van der Waals surface area (Å²) in [5.74, 6) is 0. The van der Waals surface area contributed by atoms with Gasteiger partial charge in [0, 0.05) is 18.7 Å². The van der Waals surface area contributed by atoms with Crippen LogP contribution in [-0.2, 0) is 4.74 Å². The van der Waals surface area contributed by atoms with Crippen LogP contribution in [0, 0.1) is 5.41 Å². The maximum atomic E-state index is 5.78. The van der Waals surface area contributed by atoms with Gasteiger partial charge in [-0.15, -0.1) is 0 Å². The zero-order chi connectivity index (χ0) is 15.8. The van der Waals surface area contributed by atoms with Crippen LogP contribution >= 0.6 is 0 Å². The van der Waals surface area contributed by atoms with Gasteiger partial charge in [-0.05, 0) is 64.7 Å². The zero-order valence-corrected chi connectivity index (χ0v) is 15.3. The summed E-state index contributed by atoms with van der Waals surface area (Å²) in [5, 5.41) is 3.77. The molecular formula is C19H39NO. The zero-order valence-electron chi connectivity index (χ0n) is 15.3. The number of hydrogen-bond donors (Lipinski definition) is 1. The number of hydrogen-bond acceptors (Lipinski definition) is 2. The summed E-state index contributed by atoms with van der Waals surface area (Å²) >= 11 is 0. The molecule has 0 bridgehead atoms. The summed E-state index contributed by atoms with van der Waals surface area (Å²) in [7, 11) is 0. The van der Waals surface area contributed by atoms with Crippen molar-refractivity contribution >= 4 is 0 Å². The molecule has 0 aromatic rings. The van der Waals surface area contributed by atoms with Crippen LogP contribution in [0.2, 0.25) is 0 Å². The molecule has 1 saturated heterocycles.